The van der Waals surface area contributed by atoms with Crippen molar-refractivity contribution in [3.63, 3.8) is 0 Å². The molecule has 0 saturated heterocycles. The van der Waals surface area contributed by atoms with Crippen molar-refractivity contribution in [2.24, 2.45) is 11.7 Å². The summed E-state index contributed by atoms with van der Waals surface area (Å²) in [5.74, 6) is -5.30. The summed E-state index contributed by atoms with van der Waals surface area (Å²) in [4.78, 5) is 60.7. The van der Waals surface area contributed by atoms with Crippen molar-refractivity contribution in [2.75, 3.05) is 5.75 Å². The van der Waals surface area contributed by atoms with E-state index in [9.17, 15) is 34.2 Å². The van der Waals surface area contributed by atoms with Crippen LogP contribution in [0.1, 0.15) is 32.3 Å². The molecule has 194 valence electrons. The quantitative estimate of drug-likeness (QED) is 0.147. The highest BCUT2D eigenvalue weighted by molar-refractivity contribution is 7.80. The first-order chi connectivity index (χ1) is 16.3. The number of hydrogen-bond acceptors (Lipinski definition) is 8. The zero-order chi connectivity index (χ0) is 26.7. The van der Waals surface area contributed by atoms with Gasteiger partial charge in [-0.3, -0.25) is 19.2 Å². The number of rotatable bonds is 14. The number of phenolic OH excluding ortho intramolecular Hbond substituents is 1. The molecule has 0 saturated carbocycles. The minimum atomic E-state index is -1.32. The molecule has 12 nitrogen and oxygen atoms in total. The Hall–Kier alpha value is -3.32. The van der Waals surface area contributed by atoms with Crippen LogP contribution in [0, 0.1) is 5.92 Å². The molecule has 0 aliphatic rings. The summed E-state index contributed by atoms with van der Waals surface area (Å²) < 4.78 is 0. The van der Waals surface area contributed by atoms with Crippen molar-refractivity contribution in [3.05, 3.63) is 29.8 Å². The predicted octanol–water partition coefficient (Wildman–Crippen LogP) is -0.748. The van der Waals surface area contributed by atoms with Crippen LogP contribution >= 0.6 is 12.6 Å². The number of nitrogens with one attached hydrogen (secondary N) is 3. The van der Waals surface area contributed by atoms with E-state index in [1.54, 1.807) is 13.8 Å². The number of thiol groups is 1. The molecule has 0 radical (unpaired) electrons. The number of aliphatic carboxylic acids is 2. The Morgan fingerprint density at radius 1 is 0.914 bits per heavy atom. The fourth-order valence-electron chi connectivity index (χ4n) is 3.02. The molecule has 0 bridgehead atoms. The topological polar surface area (TPSA) is 208 Å². The summed E-state index contributed by atoms with van der Waals surface area (Å²) in [6.45, 7) is 3.21. The molecule has 0 aliphatic heterocycles. The molecular formula is C22H32N4O8S. The Kier molecular flexibility index (Phi) is 12.0. The maximum absolute atomic E-state index is 13.0. The molecule has 0 fully saturated rings. The number of hydrogen-bond donors (Lipinski definition) is 8. The van der Waals surface area contributed by atoms with Crippen molar-refractivity contribution in [1.82, 2.24) is 16.0 Å². The lowest BCUT2D eigenvalue weighted by Gasteiger charge is -2.26. The van der Waals surface area contributed by atoms with Crippen LogP contribution in [-0.4, -0.2) is 74.9 Å². The van der Waals surface area contributed by atoms with Crippen LogP contribution in [0.4, 0.5) is 0 Å². The first kappa shape index (κ1) is 29.7. The normalized spacial score (nSPS) is 14.3. The Balaban J connectivity index is 3.17. The van der Waals surface area contributed by atoms with Gasteiger partial charge in [-0.05, 0) is 30.0 Å². The molecule has 3 amide bonds. The molecule has 0 aliphatic carbocycles. The van der Waals surface area contributed by atoms with E-state index in [2.05, 4.69) is 28.6 Å². The third-order valence-electron chi connectivity index (χ3n) is 5.05. The van der Waals surface area contributed by atoms with Gasteiger partial charge in [-0.15, -0.1) is 0 Å². The molecule has 1 rings (SSSR count). The van der Waals surface area contributed by atoms with E-state index in [1.807, 2.05) is 0 Å². The van der Waals surface area contributed by atoms with Crippen LogP contribution in [0.3, 0.4) is 0 Å². The second-order valence-corrected chi connectivity index (χ2v) is 8.65. The lowest BCUT2D eigenvalue weighted by molar-refractivity contribution is -0.143. The van der Waals surface area contributed by atoms with Gasteiger partial charge in [0.15, 0.2) is 0 Å². The number of amides is 3. The molecule has 1 aromatic rings. The molecule has 4 unspecified atom stereocenters. The van der Waals surface area contributed by atoms with Crippen LogP contribution in [-0.2, 0) is 30.4 Å². The molecule has 8 N–H and O–H groups in total. The smallest absolute Gasteiger partial charge is 0.326 e. The lowest BCUT2D eigenvalue weighted by atomic mass is 10.0. The third-order valence-corrected chi connectivity index (χ3v) is 5.45. The van der Waals surface area contributed by atoms with Gasteiger partial charge in [-0.1, -0.05) is 26.0 Å². The summed E-state index contributed by atoms with van der Waals surface area (Å²) in [5, 5.41) is 35.1. The van der Waals surface area contributed by atoms with Crippen LogP contribution in [0.5, 0.6) is 5.75 Å². The number of carboxylic acid groups (broad SMARTS) is 2. The number of carbonyl (C=O) groups excluding carboxylic acids is 3. The SMILES string of the molecule is CC(C)C(NC(=O)C(Cc1ccc(O)cc1)NC(=O)C(CCC(=O)O)NC(=O)C(N)CS)C(=O)O. The number of carboxylic acids is 2. The van der Waals surface area contributed by atoms with Crippen molar-refractivity contribution < 1.29 is 39.3 Å². The van der Waals surface area contributed by atoms with E-state index < -0.39 is 66.2 Å². The van der Waals surface area contributed by atoms with Crippen LogP contribution in [0.25, 0.3) is 0 Å². The average Bonchev–Trinajstić information content (AvgIpc) is 2.79. The van der Waals surface area contributed by atoms with Crippen LogP contribution in [0.2, 0.25) is 0 Å². The van der Waals surface area contributed by atoms with E-state index in [0.29, 0.717) is 5.56 Å². The number of aromatic hydroxyl groups is 1. The van der Waals surface area contributed by atoms with Crippen molar-refractivity contribution >= 4 is 42.3 Å². The molecular weight excluding hydrogens is 480 g/mol. The number of phenols is 1. The third kappa shape index (κ3) is 10.2. The van der Waals surface area contributed by atoms with Gasteiger partial charge in [0.2, 0.25) is 17.7 Å². The van der Waals surface area contributed by atoms with Gasteiger partial charge < -0.3 is 37.0 Å². The number of nitrogens with two attached hydrogens (primary N) is 1. The first-order valence-corrected chi connectivity index (χ1v) is 11.5. The van der Waals surface area contributed by atoms with E-state index in [-0.39, 0.29) is 24.3 Å². The van der Waals surface area contributed by atoms with Gasteiger partial charge in [0.1, 0.15) is 23.9 Å². The highest BCUT2D eigenvalue weighted by Gasteiger charge is 2.31. The molecule has 0 heterocycles. The van der Waals surface area contributed by atoms with Crippen molar-refractivity contribution in [3.8, 4) is 5.75 Å². The monoisotopic (exact) mass is 512 g/mol. The molecule has 4 atom stereocenters. The van der Waals surface area contributed by atoms with Gasteiger partial charge in [-0.25, -0.2) is 4.79 Å². The van der Waals surface area contributed by atoms with Gasteiger partial charge >= 0.3 is 11.9 Å². The number of benzene rings is 1. The second kappa shape index (κ2) is 14.2. The maximum atomic E-state index is 13.0. The molecule has 1 aromatic carbocycles. The van der Waals surface area contributed by atoms with Gasteiger partial charge in [0, 0.05) is 18.6 Å². The van der Waals surface area contributed by atoms with Gasteiger partial charge in [0.25, 0.3) is 0 Å². The summed E-state index contributed by atoms with van der Waals surface area (Å²) in [6, 6.07) is 0.956. The first-order valence-electron chi connectivity index (χ1n) is 10.9. The fourth-order valence-corrected chi connectivity index (χ4v) is 3.18. The largest absolute Gasteiger partial charge is 0.508 e. The second-order valence-electron chi connectivity index (χ2n) is 8.28. The Bertz CT molecular complexity index is 909. The Morgan fingerprint density at radius 3 is 1.94 bits per heavy atom. The summed E-state index contributed by atoms with van der Waals surface area (Å²) in [5.41, 5.74) is 6.16. The van der Waals surface area contributed by atoms with E-state index >= 15 is 0 Å². The highest BCUT2D eigenvalue weighted by Crippen LogP contribution is 2.13. The van der Waals surface area contributed by atoms with Crippen molar-refractivity contribution in [1.29, 1.82) is 0 Å². The van der Waals surface area contributed by atoms with Crippen molar-refractivity contribution in [2.45, 2.75) is 57.3 Å². The minimum Gasteiger partial charge on any atom is -0.508 e. The fraction of sp³-hybridized carbons (Fsp3) is 0.500. The van der Waals surface area contributed by atoms with E-state index in [4.69, 9.17) is 10.8 Å². The summed E-state index contributed by atoms with van der Waals surface area (Å²) in [7, 11) is 0. The summed E-state index contributed by atoms with van der Waals surface area (Å²) in [6.07, 6.45) is -0.792. The predicted molar refractivity (Wildman–Crippen MR) is 129 cm³/mol. The van der Waals surface area contributed by atoms with Crippen LogP contribution in [0.15, 0.2) is 24.3 Å². The molecule has 35 heavy (non-hydrogen) atoms. The zero-order valence-corrected chi connectivity index (χ0v) is 20.3. The van der Waals surface area contributed by atoms with E-state index in [1.165, 1.54) is 24.3 Å². The Morgan fingerprint density at radius 2 is 1.46 bits per heavy atom. The minimum absolute atomic E-state index is 0.0125. The highest BCUT2D eigenvalue weighted by atomic mass is 32.1. The molecule has 0 aromatic heterocycles. The lowest BCUT2D eigenvalue weighted by Crippen LogP contribution is -2.58. The zero-order valence-electron chi connectivity index (χ0n) is 19.4. The van der Waals surface area contributed by atoms with Gasteiger partial charge in [-0.2, -0.15) is 12.6 Å². The summed E-state index contributed by atoms with van der Waals surface area (Å²) >= 11 is 3.92. The van der Waals surface area contributed by atoms with Gasteiger partial charge in [0.05, 0.1) is 6.04 Å². The average molecular weight is 513 g/mol. The molecule has 13 heteroatoms. The number of carbonyl (C=O) groups is 5. The Labute approximate surface area is 208 Å². The standard InChI is InChI=1S/C22H32N4O8S/c1-11(2)18(22(33)34)26-21(32)16(9-12-3-5-13(27)6-4-12)25-20(31)15(7-8-17(28)29)24-19(30)14(23)10-35/h3-6,11,14-16,18,27,35H,7-10,23H2,1-2H3,(H,24,30)(H,25,31)(H,26,32)(H,28,29)(H,33,34). The maximum Gasteiger partial charge on any atom is 0.326 e. The van der Waals surface area contributed by atoms with E-state index in [0.717, 1.165) is 0 Å². The van der Waals surface area contributed by atoms with Crippen LogP contribution < -0.4 is 21.7 Å². The molecule has 0 spiro atoms.